The molecule has 4 heteroatoms. The molecule has 1 aromatic carbocycles. The zero-order valence-electron chi connectivity index (χ0n) is 15.2. The van der Waals surface area contributed by atoms with E-state index in [1.165, 1.54) is 5.56 Å². The quantitative estimate of drug-likeness (QED) is 0.876. The number of nitrogens with one attached hydrogen (secondary N) is 1. The minimum absolute atomic E-state index is 0.168. The summed E-state index contributed by atoms with van der Waals surface area (Å²) in [4.78, 5) is 2.48. The van der Waals surface area contributed by atoms with Crippen LogP contribution in [0.15, 0.2) is 24.3 Å². The molecule has 0 spiro atoms. The van der Waals surface area contributed by atoms with Crippen molar-refractivity contribution in [1.29, 1.82) is 0 Å². The molecule has 23 heavy (non-hydrogen) atoms. The van der Waals surface area contributed by atoms with Crippen molar-refractivity contribution in [2.45, 2.75) is 46.3 Å². The summed E-state index contributed by atoms with van der Waals surface area (Å²) in [5.41, 5.74) is 0.861. The zero-order valence-corrected chi connectivity index (χ0v) is 15.2. The number of nitrogens with zero attached hydrogens (tertiary/aromatic N) is 1. The third kappa shape index (κ3) is 4.93. The van der Waals surface area contributed by atoms with Crippen molar-refractivity contribution in [3.8, 4) is 5.75 Å². The van der Waals surface area contributed by atoms with Gasteiger partial charge >= 0.3 is 0 Å². The minimum Gasteiger partial charge on any atom is -0.488 e. The number of aliphatic hydroxyl groups excluding tert-OH is 1. The van der Waals surface area contributed by atoms with Crippen LogP contribution in [-0.2, 0) is 0 Å². The van der Waals surface area contributed by atoms with Crippen LogP contribution in [0, 0.1) is 5.41 Å². The van der Waals surface area contributed by atoms with Gasteiger partial charge in [-0.3, -0.25) is 4.90 Å². The van der Waals surface area contributed by atoms with Crippen LogP contribution in [-0.4, -0.2) is 48.4 Å². The van der Waals surface area contributed by atoms with Crippen LogP contribution in [0.3, 0.4) is 0 Å². The van der Waals surface area contributed by atoms with Crippen molar-refractivity contribution >= 4 is 0 Å². The van der Waals surface area contributed by atoms with Crippen LogP contribution in [0.4, 0.5) is 0 Å². The second-order valence-electron chi connectivity index (χ2n) is 8.12. The first-order valence-electron chi connectivity index (χ1n) is 8.57. The maximum absolute atomic E-state index is 9.90. The van der Waals surface area contributed by atoms with E-state index in [9.17, 15) is 5.11 Å². The molecule has 0 radical (unpaired) electrons. The van der Waals surface area contributed by atoms with E-state index in [-0.39, 0.29) is 23.7 Å². The lowest BCUT2D eigenvalue weighted by molar-refractivity contribution is 0.0304. The van der Waals surface area contributed by atoms with Crippen LogP contribution in [0.25, 0.3) is 0 Å². The Morgan fingerprint density at radius 1 is 1.09 bits per heavy atom. The fourth-order valence-electron chi connectivity index (χ4n) is 3.25. The number of rotatable bonds is 5. The Morgan fingerprint density at radius 2 is 1.65 bits per heavy atom. The summed E-state index contributed by atoms with van der Waals surface area (Å²) < 4.78 is 5.92. The smallest absolute Gasteiger partial charge is 0.120 e. The molecule has 4 nitrogen and oxygen atoms in total. The molecule has 1 fully saturated rings. The van der Waals surface area contributed by atoms with Crippen LogP contribution in [0.1, 0.15) is 46.2 Å². The lowest BCUT2D eigenvalue weighted by Gasteiger charge is -2.43. The zero-order chi connectivity index (χ0) is 17.1. The van der Waals surface area contributed by atoms with E-state index in [1.54, 1.807) is 0 Å². The molecule has 0 aromatic heterocycles. The molecule has 1 aromatic rings. The number of hydrogen-bond donors (Lipinski definition) is 2. The third-order valence-electron chi connectivity index (χ3n) is 4.28. The molecule has 1 saturated heterocycles. The minimum atomic E-state index is -0.191. The first kappa shape index (κ1) is 18.2. The molecular weight excluding hydrogens is 288 g/mol. The normalized spacial score (nSPS) is 18.7. The lowest BCUT2D eigenvalue weighted by Crippen LogP contribution is -2.49. The van der Waals surface area contributed by atoms with Crippen molar-refractivity contribution in [1.82, 2.24) is 10.2 Å². The molecule has 1 heterocycles. The lowest BCUT2D eigenvalue weighted by atomic mass is 9.79. The van der Waals surface area contributed by atoms with Gasteiger partial charge in [-0.2, -0.15) is 0 Å². The van der Waals surface area contributed by atoms with Gasteiger partial charge in [-0.1, -0.05) is 26.0 Å². The predicted molar refractivity (Wildman–Crippen MR) is 94.9 cm³/mol. The standard InChI is InChI=1S/C19H32N2O2/c1-18(2,3)23-16-8-6-15(7-9-16)17(19(4,5)14-22)21-12-10-20-11-13-21/h6-9,17,20,22H,10-14H2,1-5H3/t17-/m1/s1. The average Bonchev–Trinajstić information content (AvgIpc) is 2.49. The topological polar surface area (TPSA) is 44.7 Å². The summed E-state index contributed by atoms with van der Waals surface area (Å²) in [6.45, 7) is 14.6. The van der Waals surface area contributed by atoms with E-state index in [1.807, 2.05) is 12.1 Å². The van der Waals surface area contributed by atoms with Gasteiger partial charge in [0.05, 0.1) is 0 Å². The largest absolute Gasteiger partial charge is 0.488 e. The third-order valence-corrected chi connectivity index (χ3v) is 4.28. The highest BCUT2D eigenvalue weighted by Gasteiger charge is 2.35. The van der Waals surface area contributed by atoms with Gasteiger partial charge in [0, 0.05) is 44.2 Å². The van der Waals surface area contributed by atoms with Crippen LogP contribution >= 0.6 is 0 Å². The van der Waals surface area contributed by atoms with Gasteiger partial charge in [0.2, 0.25) is 0 Å². The molecule has 0 unspecified atom stereocenters. The van der Waals surface area contributed by atoms with Gasteiger partial charge in [0.15, 0.2) is 0 Å². The molecule has 2 rings (SSSR count). The SMILES string of the molecule is CC(C)(C)Oc1ccc([C@@H](N2CCNCC2)C(C)(C)CO)cc1. The summed E-state index contributed by atoms with van der Waals surface area (Å²) in [6.07, 6.45) is 0. The van der Waals surface area contributed by atoms with E-state index in [2.05, 4.69) is 57.0 Å². The summed E-state index contributed by atoms with van der Waals surface area (Å²) in [5, 5.41) is 13.3. The fraction of sp³-hybridized carbons (Fsp3) is 0.684. The Kier molecular flexibility index (Phi) is 5.71. The number of piperazine rings is 1. The summed E-state index contributed by atoms with van der Waals surface area (Å²) in [6, 6.07) is 8.58. The van der Waals surface area contributed by atoms with Crippen molar-refractivity contribution in [3.05, 3.63) is 29.8 Å². The number of ether oxygens (including phenoxy) is 1. The molecule has 1 aliphatic rings. The van der Waals surface area contributed by atoms with Crippen LogP contribution in [0.5, 0.6) is 5.75 Å². The second kappa shape index (κ2) is 7.20. The maximum atomic E-state index is 9.90. The van der Waals surface area contributed by atoms with Gasteiger partial charge in [0.25, 0.3) is 0 Å². The highest BCUT2D eigenvalue weighted by molar-refractivity contribution is 5.31. The second-order valence-corrected chi connectivity index (χ2v) is 8.12. The van der Waals surface area contributed by atoms with Crippen LogP contribution in [0.2, 0.25) is 0 Å². The van der Waals surface area contributed by atoms with Crippen molar-refractivity contribution in [3.63, 3.8) is 0 Å². The fourth-order valence-corrected chi connectivity index (χ4v) is 3.25. The van der Waals surface area contributed by atoms with Gasteiger partial charge in [0.1, 0.15) is 11.4 Å². The monoisotopic (exact) mass is 320 g/mol. The van der Waals surface area contributed by atoms with Gasteiger partial charge in [-0.25, -0.2) is 0 Å². The van der Waals surface area contributed by atoms with Gasteiger partial charge in [-0.05, 0) is 38.5 Å². The first-order valence-corrected chi connectivity index (χ1v) is 8.57. The van der Waals surface area contributed by atoms with Crippen molar-refractivity contribution in [2.75, 3.05) is 32.8 Å². The number of aliphatic hydroxyl groups is 1. The van der Waals surface area contributed by atoms with Gasteiger partial charge < -0.3 is 15.2 Å². The number of hydrogen-bond acceptors (Lipinski definition) is 4. The molecule has 0 saturated carbocycles. The highest BCUT2D eigenvalue weighted by Crippen LogP contribution is 2.38. The number of benzene rings is 1. The van der Waals surface area contributed by atoms with E-state index < -0.39 is 0 Å². The Bertz CT molecular complexity index is 485. The summed E-state index contributed by atoms with van der Waals surface area (Å²) >= 11 is 0. The Balaban J connectivity index is 2.24. The van der Waals surface area contributed by atoms with E-state index in [0.717, 1.165) is 31.9 Å². The van der Waals surface area contributed by atoms with E-state index >= 15 is 0 Å². The van der Waals surface area contributed by atoms with Gasteiger partial charge in [-0.15, -0.1) is 0 Å². The molecule has 0 bridgehead atoms. The predicted octanol–water partition coefficient (Wildman–Crippen LogP) is 2.83. The molecule has 130 valence electrons. The molecular formula is C19H32N2O2. The van der Waals surface area contributed by atoms with Crippen LogP contribution < -0.4 is 10.1 Å². The van der Waals surface area contributed by atoms with E-state index in [4.69, 9.17) is 4.74 Å². The van der Waals surface area contributed by atoms with Crippen molar-refractivity contribution < 1.29 is 9.84 Å². The highest BCUT2D eigenvalue weighted by atomic mass is 16.5. The molecule has 2 N–H and O–H groups in total. The Labute approximate surface area is 140 Å². The maximum Gasteiger partial charge on any atom is 0.120 e. The molecule has 0 aliphatic carbocycles. The molecule has 0 amide bonds. The Hall–Kier alpha value is -1.10. The first-order chi connectivity index (χ1) is 10.7. The summed E-state index contributed by atoms with van der Waals surface area (Å²) in [5.74, 6) is 0.891. The molecule has 1 atom stereocenters. The Morgan fingerprint density at radius 3 is 2.13 bits per heavy atom. The summed E-state index contributed by atoms with van der Waals surface area (Å²) in [7, 11) is 0. The van der Waals surface area contributed by atoms with E-state index in [0.29, 0.717) is 0 Å². The average molecular weight is 320 g/mol. The molecule has 1 aliphatic heterocycles. The van der Waals surface area contributed by atoms with Crippen molar-refractivity contribution in [2.24, 2.45) is 5.41 Å².